The van der Waals surface area contributed by atoms with Gasteiger partial charge >= 0.3 is 0 Å². The van der Waals surface area contributed by atoms with Crippen LogP contribution in [0.15, 0.2) is 24.4 Å². The van der Waals surface area contributed by atoms with Gasteiger partial charge in [-0.1, -0.05) is 12.1 Å². The van der Waals surface area contributed by atoms with E-state index in [1.807, 2.05) is 6.07 Å². The summed E-state index contributed by atoms with van der Waals surface area (Å²) in [5.41, 5.74) is 2.59. The Morgan fingerprint density at radius 2 is 2.40 bits per heavy atom. The normalized spacial score (nSPS) is 20.2. The van der Waals surface area contributed by atoms with Crippen LogP contribution < -0.4 is 0 Å². The highest BCUT2D eigenvalue weighted by atomic mass is 19.1. The maximum atomic E-state index is 13.3. The fraction of sp³-hybridized carbons (Fsp3) is 0.429. The number of ether oxygens (including phenoxy) is 1. The first-order chi connectivity index (χ1) is 9.72. The van der Waals surface area contributed by atoms with Crippen molar-refractivity contribution in [3.63, 3.8) is 0 Å². The van der Waals surface area contributed by atoms with Crippen molar-refractivity contribution in [1.82, 2.24) is 20.3 Å². The van der Waals surface area contributed by atoms with E-state index in [0.29, 0.717) is 12.2 Å². The lowest BCUT2D eigenvalue weighted by molar-refractivity contribution is -0.0333. The van der Waals surface area contributed by atoms with E-state index < -0.39 is 0 Å². The smallest absolute Gasteiger partial charge is 0.126 e. The van der Waals surface area contributed by atoms with E-state index >= 15 is 0 Å². The van der Waals surface area contributed by atoms with Gasteiger partial charge in [-0.15, -0.1) is 0 Å². The van der Waals surface area contributed by atoms with Crippen LogP contribution in [0.2, 0.25) is 0 Å². The second-order valence-electron chi connectivity index (χ2n) is 5.06. The van der Waals surface area contributed by atoms with Crippen molar-refractivity contribution in [2.75, 3.05) is 19.7 Å². The van der Waals surface area contributed by atoms with Crippen molar-refractivity contribution in [2.45, 2.75) is 19.6 Å². The molecule has 1 saturated heterocycles. The number of nitrogens with zero attached hydrogens (tertiary/aromatic N) is 3. The van der Waals surface area contributed by atoms with Gasteiger partial charge in [-0.3, -0.25) is 4.90 Å². The van der Waals surface area contributed by atoms with Crippen LogP contribution in [0.3, 0.4) is 0 Å². The third-order valence-corrected chi connectivity index (χ3v) is 3.55. The predicted octanol–water partition coefficient (Wildman–Crippen LogP) is 1.83. The Morgan fingerprint density at radius 1 is 1.50 bits per heavy atom. The lowest BCUT2D eigenvalue weighted by atomic mass is 10.0. The minimum absolute atomic E-state index is 0.0186. The third-order valence-electron chi connectivity index (χ3n) is 3.55. The van der Waals surface area contributed by atoms with Crippen LogP contribution in [0.4, 0.5) is 4.39 Å². The molecule has 3 rings (SSSR count). The number of aromatic nitrogens is 3. The molecule has 1 aromatic heterocycles. The lowest BCUT2D eigenvalue weighted by Crippen LogP contribution is -2.37. The minimum atomic E-state index is -0.177. The Balaban J connectivity index is 1.69. The van der Waals surface area contributed by atoms with Crippen molar-refractivity contribution in [1.29, 1.82) is 0 Å². The summed E-state index contributed by atoms with van der Waals surface area (Å²) in [5, 5.41) is 10.5. The fourth-order valence-corrected chi connectivity index (χ4v) is 2.45. The molecule has 0 aliphatic carbocycles. The van der Waals surface area contributed by atoms with Crippen LogP contribution >= 0.6 is 0 Å². The molecule has 1 unspecified atom stereocenters. The molecule has 6 heteroatoms. The highest BCUT2D eigenvalue weighted by Gasteiger charge is 2.23. The summed E-state index contributed by atoms with van der Waals surface area (Å²) in [4.78, 5) is 2.27. The average Bonchev–Trinajstić information content (AvgIpc) is 2.95. The summed E-state index contributed by atoms with van der Waals surface area (Å²) < 4.78 is 19.1. The molecular weight excluding hydrogens is 259 g/mol. The van der Waals surface area contributed by atoms with Gasteiger partial charge in [-0.25, -0.2) is 4.39 Å². The Bertz CT molecular complexity index is 573. The summed E-state index contributed by atoms with van der Waals surface area (Å²) in [7, 11) is 0. The zero-order chi connectivity index (χ0) is 13.9. The highest BCUT2D eigenvalue weighted by molar-refractivity contribution is 5.26. The minimum Gasteiger partial charge on any atom is -0.371 e. The number of nitrogens with one attached hydrogen (secondary N) is 1. The van der Waals surface area contributed by atoms with Gasteiger partial charge in [-0.2, -0.15) is 15.4 Å². The van der Waals surface area contributed by atoms with E-state index in [0.717, 1.165) is 30.9 Å². The monoisotopic (exact) mass is 276 g/mol. The van der Waals surface area contributed by atoms with Crippen LogP contribution in [0.1, 0.15) is 22.9 Å². The second-order valence-corrected chi connectivity index (χ2v) is 5.06. The van der Waals surface area contributed by atoms with E-state index in [9.17, 15) is 4.39 Å². The van der Waals surface area contributed by atoms with Gasteiger partial charge in [-0.05, 0) is 24.1 Å². The van der Waals surface area contributed by atoms with Gasteiger partial charge in [0.25, 0.3) is 0 Å². The number of rotatable bonds is 3. The van der Waals surface area contributed by atoms with Crippen LogP contribution in [0, 0.1) is 12.7 Å². The zero-order valence-corrected chi connectivity index (χ0v) is 11.3. The summed E-state index contributed by atoms with van der Waals surface area (Å²) in [6.07, 6.45) is 1.71. The van der Waals surface area contributed by atoms with E-state index in [1.54, 1.807) is 19.2 Å². The highest BCUT2D eigenvalue weighted by Crippen LogP contribution is 2.24. The predicted molar refractivity (Wildman–Crippen MR) is 71.5 cm³/mol. The number of H-pyrrole nitrogens is 1. The molecule has 0 spiro atoms. The largest absolute Gasteiger partial charge is 0.371 e. The summed E-state index contributed by atoms with van der Waals surface area (Å²) in [6, 6.07) is 5.16. The van der Waals surface area contributed by atoms with Gasteiger partial charge < -0.3 is 4.74 Å². The number of morpholine rings is 1. The lowest BCUT2D eigenvalue weighted by Gasteiger charge is -2.32. The van der Waals surface area contributed by atoms with Gasteiger partial charge in [0, 0.05) is 19.6 Å². The molecule has 1 aliphatic heterocycles. The van der Waals surface area contributed by atoms with Crippen molar-refractivity contribution in [3.8, 4) is 0 Å². The Labute approximate surface area is 116 Å². The molecule has 1 aliphatic rings. The summed E-state index contributed by atoms with van der Waals surface area (Å²) in [6.45, 7) is 4.83. The van der Waals surface area contributed by atoms with Crippen molar-refractivity contribution >= 4 is 0 Å². The van der Waals surface area contributed by atoms with Crippen molar-refractivity contribution in [2.24, 2.45) is 0 Å². The van der Waals surface area contributed by atoms with Gasteiger partial charge in [0.2, 0.25) is 0 Å². The second kappa shape index (κ2) is 5.68. The maximum Gasteiger partial charge on any atom is 0.126 e. The molecule has 0 bridgehead atoms. The number of aryl methyl sites for hydroxylation is 1. The molecule has 1 N–H and O–H groups in total. The molecule has 2 aromatic rings. The SMILES string of the molecule is Cc1cc(C2CN(Cc3cn[nH]n3)CCO2)ccc1F. The summed E-state index contributed by atoms with van der Waals surface area (Å²) >= 11 is 0. The number of halogens is 1. The molecule has 2 heterocycles. The number of benzene rings is 1. The number of hydrogen-bond donors (Lipinski definition) is 1. The maximum absolute atomic E-state index is 13.3. The van der Waals surface area contributed by atoms with E-state index in [1.165, 1.54) is 6.07 Å². The molecule has 20 heavy (non-hydrogen) atoms. The van der Waals surface area contributed by atoms with Crippen LogP contribution in [-0.2, 0) is 11.3 Å². The average molecular weight is 276 g/mol. The molecular formula is C14H17FN4O. The van der Waals surface area contributed by atoms with Crippen LogP contribution in [-0.4, -0.2) is 40.0 Å². The van der Waals surface area contributed by atoms with Crippen LogP contribution in [0.25, 0.3) is 0 Å². The zero-order valence-electron chi connectivity index (χ0n) is 11.3. The first-order valence-electron chi connectivity index (χ1n) is 6.67. The standard InChI is InChI=1S/C14H17FN4O/c1-10-6-11(2-3-13(10)15)14-9-19(4-5-20-14)8-12-7-16-18-17-12/h2-3,6-7,14H,4-5,8-9H2,1H3,(H,16,17,18). The first-order valence-corrected chi connectivity index (χ1v) is 6.67. The topological polar surface area (TPSA) is 54.0 Å². The molecule has 0 radical (unpaired) electrons. The first kappa shape index (κ1) is 13.2. The fourth-order valence-electron chi connectivity index (χ4n) is 2.45. The van der Waals surface area contributed by atoms with E-state index in [-0.39, 0.29) is 11.9 Å². The molecule has 0 amide bonds. The van der Waals surface area contributed by atoms with Crippen molar-refractivity contribution < 1.29 is 9.13 Å². The van der Waals surface area contributed by atoms with E-state index in [2.05, 4.69) is 20.3 Å². The Morgan fingerprint density at radius 3 is 3.15 bits per heavy atom. The molecule has 1 atom stereocenters. The van der Waals surface area contributed by atoms with Gasteiger partial charge in [0.15, 0.2) is 0 Å². The van der Waals surface area contributed by atoms with Crippen LogP contribution in [0.5, 0.6) is 0 Å². The third kappa shape index (κ3) is 2.86. The van der Waals surface area contributed by atoms with Gasteiger partial charge in [0.1, 0.15) is 5.82 Å². The molecule has 5 nitrogen and oxygen atoms in total. The number of hydrogen-bond acceptors (Lipinski definition) is 4. The molecule has 0 saturated carbocycles. The molecule has 1 aromatic carbocycles. The van der Waals surface area contributed by atoms with Gasteiger partial charge in [0.05, 0.1) is 24.6 Å². The van der Waals surface area contributed by atoms with Crippen molar-refractivity contribution in [3.05, 3.63) is 47.0 Å². The van der Waals surface area contributed by atoms with E-state index in [4.69, 9.17) is 4.74 Å². The molecule has 106 valence electrons. The summed E-state index contributed by atoms with van der Waals surface area (Å²) in [5.74, 6) is -0.177. The quantitative estimate of drug-likeness (QED) is 0.929. The Kier molecular flexibility index (Phi) is 3.75. The Hall–Kier alpha value is -1.79. The molecule has 1 fully saturated rings. The number of aromatic amines is 1.